The molecule has 2 atom stereocenters. The molecule has 0 unspecified atom stereocenters. The zero-order valence-electron chi connectivity index (χ0n) is 17.5. The minimum atomic E-state index is -2.61. The molecule has 2 aromatic heterocycles. The molecule has 1 amide bonds. The van der Waals surface area contributed by atoms with Crippen molar-refractivity contribution >= 4 is 40.7 Å². The Morgan fingerprint density at radius 3 is 2.75 bits per heavy atom. The smallest absolute Gasteiger partial charge is 0.295 e. The van der Waals surface area contributed by atoms with Crippen LogP contribution in [0.15, 0.2) is 18.2 Å². The number of halogens is 4. The number of hydrogen-bond acceptors (Lipinski definition) is 5. The first-order chi connectivity index (χ1) is 15.1. The van der Waals surface area contributed by atoms with Crippen LogP contribution in [0.1, 0.15) is 47.0 Å². The Labute approximate surface area is 192 Å². The number of nitrogens with one attached hydrogen (secondary N) is 2. The number of carbonyl (C=O) groups is 1. The molecule has 32 heavy (non-hydrogen) atoms. The van der Waals surface area contributed by atoms with Gasteiger partial charge in [-0.2, -0.15) is 10.1 Å². The van der Waals surface area contributed by atoms with E-state index in [0.717, 1.165) is 10.2 Å². The highest BCUT2D eigenvalue weighted by Gasteiger charge is 2.34. The number of alkyl halides is 2. The largest absolute Gasteiger partial charge is 0.352 e. The highest BCUT2D eigenvalue weighted by molar-refractivity contribution is 6.35. The van der Waals surface area contributed by atoms with Crippen LogP contribution >= 0.6 is 23.2 Å². The Hall–Kier alpha value is -2.72. The van der Waals surface area contributed by atoms with Gasteiger partial charge in [0.1, 0.15) is 6.04 Å². The van der Waals surface area contributed by atoms with Gasteiger partial charge in [0, 0.05) is 16.1 Å². The SMILES string of the molecule is Cc1nn(Cc2ccc(Cl)cc2Cl)c(C)c1NC(=O)c1nc2n(n1)[C@H](C(F)F)C[C@@H](C)N2. The number of aromatic nitrogens is 5. The molecular weight excluding hydrogens is 463 g/mol. The average molecular weight is 484 g/mol. The lowest BCUT2D eigenvalue weighted by Gasteiger charge is -2.28. The Kier molecular flexibility index (Phi) is 6.09. The summed E-state index contributed by atoms with van der Waals surface area (Å²) in [5.41, 5.74) is 2.60. The van der Waals surface area contributed by atoms with Gasteiger partial charge in [-0.25, -0.2) is 13.5 Å². The highest BCUT2D eigenvalue weighted by Crippen LogP contribution is 2.30. The van der Waals surface area contributed by atoms with Crippen molar-refractivity contribution in [2.45, 2.75) is 52.2 Å². The third kappa shape index (κ3) is 4.29. The normalized spacial score (nSPS) is 17.9. The molecular formula is C20H21Cl2F2N7O. The second-order valence-electron chi connectivity index (χ2n) is 7.78. The van der Waals surface area contributed by atoms with E-state index in [4.69, 9.17) is 23.2 Å². The number of nitrogens with zero attached hydrogens (tertiary/aromatic N) is 5. The summed E-state index contributed by atoms with van der Waals surface area (Å²) in [6, 6.07) is 3.87. The lowest BCUT2D eigenvalue weighted by molar-refractivity contribution is 0.0662. The zero-order chi connectivity index (χ0) is 23.2. The van der Waals surface area contributed by atoms with Gasteiger partial charge >= 0.3 is 0 Å². The van der Waals surface area contributed by atoms with E-state index in [0.29, 0.717) is 33.7 Å². The number of fused-ring (bicyclic) bond motifs is 1. The van der Waals surface area contributed by atoms with Gasteiger partial charge in [0.15, 0.2) is 0 Å². The topological polar surface area (TPSA) is 89.7 Å². The van der Waals surface area contributed by atoms with Gasteiger partial charge in [0.25, 0.3) is 12.3 Å². The van der Waals surface area contributed by atoms with Crippen LogP contribution in [0.5, 0.6) is 0 Å². The molecule has 8 nitrogen and oxygen atoms in total. The van der Waals surface area contributed by atoms with E-state index in [1.807, 2.05) is 6.07 Å². The van der Waals surface area contributed by atoms with Crippen LogP contribution in [-0.4, -0.2) is 42.9 Å². The summed E-state index contributed by atoms with van der Waals surface area (Å²) >= 11 is 12.2. The fourth-order valence-electron chi connectivity index (χ4n) is 3.71. The van der Waals surface area contributed by atoms with Crippen LogP contribution in [0.2, 0.25) is 10.0 Å². The van der Waals surface area contributed by atoms with E-state index < -0.39 is 18.4 Å². The van der Waals surface area contributed by atoms with Crippen LogP contribution in [-0.2, 0) is 6.54 Å². The number of amides is 1. The molecule has 0 fully saturated rings. The molecule has 0 bridgehead atoms. The van der Waals surface area contributed by atoms with E-state index in [1.54, 1.807) is 37.6 Å². The minimum absolute atomic E-state index is 0.153. The van der Waals surface area contributed by atoms with Crippen molar-refractivity contribution in [3.8, 4) is 0 Å². The molecule has 170 valence electrons. The predicted molar refractivity (Wildman–Crippen MR) is 118 cm³/mol. The monoisotopic (exact) mass is 483 g/mol. The number of aryl methyl sites for hydroxylation is 1. The van der Waals surface area contributed by atoms with Crippen molar-refractivity contribution in [1.82, 2.24) is 24.5 Å². The molecule has 12 heteroatoms. The molecule has 1 aliphatic heterocycles. The summed E-state index contributed by atoms with van der Waals surface area (Å²) in [6.07, 6.45) is -2.42. The van der Waals surface area contributed by atoms with Gasteiger partial charge in [-0.15, -0.1) is 5.10 Å². The first kappa shape index (κ1) is 22.5. The Balaban J connectivity index is 1.56. The highest BCUT2D eigenvalue weighted by atomic mass is 35.5. The minimum Gasteiger partial charge on any atom is -0.352 e. The Morgan fingerprint density at radius 1 is 1.31 bits per heavy atom. The van der Waals surface area contributed by atoms with Gasteiger partial charge in [0.05, 0.1) is 23.6 Å². The van der Waals surface area contributed by atoms with Crippen molar-refractivity contribution in [2.24, 2.45) is 0 Å². The Morgan fingerprint density at radius 2 is 2.06 bits per heavy atom. The molecule has 1 aromatic carbocycles. The van der Waals surface area contributed by atoms with Gasteiger partial charge in [-0.05, 0) is 44.9 Å². The van der Waals surface area contributed by atoms with E-state index in [1.165, 1.54) is 0 Å². The van der Waals surface area contributed by atoms with Crippen molar-refractivity contribution in [3.63, 3.8) is 0 Å². The van der Waals surface area contributed by atoms with Crippen LogP contribution in [0, 0.1) is 13.8 Å². The van der Waals surface area contributed by atoms with E-state index in [9.17, 15) is 13.6 Å². The fraction of sp³-hybridized carbons (Fsp3) is 0.400. The fourth-order valence-corrected chi connectivity index (χ4v) is 4.18. The van der Waals surface area contributed by atoms with Crippen molar-refractivity contribution in [3.05, 3.63) is 51.0 Å². The standard InChI is InChI=1S/C20H21Cl2F2N7O/c1-9-6-15(17(23)24)31-20(25-9)27-18(29-31)19(32)26-16-10(2)28-30(11(16)3)8-12-4-5-13(21)7-14(12)22/h4-5,7,9,15,17H,6,8H2,1-3H3,(H,26,32)(H,25,27,29)/t9-,15+/m1/s1. The van der Waals surface area contributed by atoms with E-state index >= 15 is 0 Å². The number of rotatable bonds is 5. The van der Waals surface area contributed by atoms with Crippen LogP contribution in [0.3, 0.4) is 0 Å². The summed E-state index contributed by atoms with van der Waals surface area (Å²) in [6.45, 7) is 5.72. The number of benzene rings is 1. The maximum atomic E-state index is 13.4. The van der Waals surface area contributed by atoms with Crippen molar-refractivity contribution in [1.29, 1.82) is 0 Å². The van der Waals surface area contributed by atoms with Gasteiger partial charge < -0.3 is 10.6 Å². The average Bonchev–Trinajstić information content (AvgIpc) is 3.25. The summed E-state index contributed by atoms with van der Waals surface area (Å²) in [5, 5.41) is 15.3. The number of hydrogen-bond donors (Lipinski definition) is 2. The molecule has 3 aromatic rings. The van der Waals surface area contributed by atoms with Crippen molar-refractivity contribution < 1.29 is 13.6 Å². The molecule has 3 heterocycles. The number of anilines is 2. The molecule has 0 aliphatic carbocycles. The molecule has 0 radical (unpaired) electrons. The van der Waals surface area contributed by atoms with E-state index in [-0.39, 0.29) is 24.2 Å². The molecule has 0 saturated carbocycles. The second kappa shape index (κ2) is 8.67. The summed E-state index contributed by atoms with van der Waals surface area (Å²) in [5.74, 6) is -0.648. The van der Waals surface area contributed by atoms with Gasteiger partial charge in [0.2, 0.25) is 11.8 Å². The van der Waals surface area contributed by atoms with Gasteiger partial charge in [-0.1, -0.05) is 29.3 Å². The number of carbonyl (C=O) groups excluding carboxylic acids is 1. The van der Waals surface area contributed by atoms with Gasteiger partial charge in [-0.3, -0.25) is 9.48 Å². The predicted octanol–water partition coefficient (Wildman–Crippen LogP) is 4.71. The van der Waals surface area contributed by atoms with Crippen LogP contribution < -0.4 is 10.6 Å². The Bertz CT molecular complexity index is 1180. The zero-order valence-corrected chi connectivity index (χ0v) is 19.0. The lowest BCUT2D eigenvalue weighted by Crippen LogP contribution is -2.33. The molecule has 4 rings (SSSR count). The lowest BCUT2D eigenvalue weighted by atomic mass is 10.1. The third-order valence-corrected chi connectivity index (χ3v) is 5.95. The maximum absolute atomic E-state index is 13.4. The van der Waals surface area contributed by atoms with E-state index in [2.05, 4.69) is 25.8 Å². The summed E-state index contributed by atoms with van der Waals surface area (Å²) in [7, 11) is 0. The van der Waals surface area contributed by atoms with Crippen LogP contribution in [0.4, 0.5) is 20.4 Å². The molecule has 1 aliphatic rings. The quantitative estimate of drug-likeness (QED) is 0.548. The first-order valence-corrected chi connectivity index (χ1v) is 10.7. The van der Waals surface area contributed by atoms with Crippen molar-refractivity contribution in [2.75, 3.05) is 10.6 Å². The summed E-state index contributed by atoms with van der Waals surface area (Å²) in [4.78, 5) is 16.9. The first-order valence-electron chi connectivity index (χ1n) is 9.94. The molecule has 2 N–H and O–H groups in total. The summed E-state index contributed by atoms with van der Waals surface area (Å²) < 4.78 is 29.6. The molecule has 0 saturated heterocycles. The second-order valence-corrected chi connectivity index (χ2v) is 8.62. The molecule has 0 spiro atoms. The van der Waals surface area contributed by atoms with Crippen LogP contribution in [0.25, 0.3) is 0 Å². The third-order valence-electron chi connectivity index (χ3n) is 5.37. The maximum Gasteiger partial charge on any atom is 0.295 e.